The largest absolute Gasteiger partial charge is 0.495 e. The molecule has 0 bridgehead atoms. The zero-order valence-electron chi connectivity index (χ0n) is 11.2. The van der Waals surface area contributed by atoms with Crippen LogP contribution < -0.4 is 21.1 Å². The first-order valence-electron chi connectivity index (χ1n) is 6.33. The summed E-state index contributed by atoms with van der Waals surface area (Å²) in [7, 11) is 1.53. The molecule has 1 aromatic carbocycles. The summed E-state index contributed by atoms with van der Waals surface area (Å²) in [6, 6.07) is 6.21. The number of urea groups is 1. The SMILES string of the molecule is COc1ccccc1NC(=O)NC(C(N)=NO)C1CC1. The smallest absolute Gasteiger partial charge is 0.319 e. The summed E-state index contributed by atoms with van der Waals surface area (Å²) >= 11 is 0. The average molecular weight is 278 g/mol. The molecule has 1 unspecified atom stereocenters. The molecule has 0 radical (unpaired) electrons. The van der Waals surface area contributed by atoms with Gasteiger partial charge in [-0.05, 0) is 30.9 Å². The first-order chi connectivity index (χ1) is 9.65. The van der Waals surface area contributed by atoms with E-state index in [0.29, 0.717) is 11.4 Å². The van der Waals surface area contributed by atoms with E-state index in [1.54, 1.807) is 18.2 Å². The molecule has 20 heavy (non-hydrogen) atoms. The van der Waals surface area contributed by atoms with E-state index in [9.17, 15) is 4.79 Å². The maximum atomic E-state index is 12.0. The van der Waals surface area contributed by atoms with Gasteiger partial charge in [-0.25, -0.2) is 4.79 Å². The maximum Gasteiger partial charge on any atom is 0.319 e. The first kappa shape index (κ1) is 14.0. The number of para-hydroxylation sites is 2. The van der Waals surface area contributed by atoms with Crippen LogP contribution in [0.15, 0.2) is 29.4 Å². The average Bonchev–Trinajstić information content (AvgIpc) is 3.29. The van der Waals surface area contributed by atoms with Gasteiger partial charge in [0.05, 0.1) is 18.8 Å². The number of benzene rings is 1. The number of amidine groups is 1. The lowest BCUT2D eigenvalue weighted by molar-refractivity contribution is 0.249. The van der Waals surface area contributed by atoms with Crippen molar-refractivity contribution in [3.8, 4) is 5.75 Å². The zero-order chi connectivity index (χ0) is 14.5. The van der Waals surface area contributed by atoms with Crippen molar-refractivity contribution in [2.75, 3.05) is 12.4 Å². The first-order valence-corrected chi connectivity index (χ1v) is 6.33. The van der Waals surface area contributed by atoms with Crippen molar-refractivity contribution in [2.45, 2.75) is 18.9 Å². The summed E-state index contributed by atoms with van der Waals surface area (Å²) in [5.41, 5.74) is 6.15. The molecule has 0 aromatic heterocycles. The van der Waals surface area contributed by atoms with Crippen LogP contribution in [0.4, 0.5) is 10.5 Å². The summed E-state index contributed by atoms with van der Waals surface area (Å²) in [5, 5.41) is 17.1. The van der Waals surface area contributed by atoms with E-state index in [0.717, 1.165) is 12.8 Å². The molecule has 1 fully saturated rings. The molecule has 0 saturated heterocycles. The van der Waals surface area contributed by atoms with E-state index < -0.39 is 12.1 Å². The highest BCUT2D eigenvalue weighted by Crippen LogP contribution is 2.32. The Morgan fingerprint density at radius 3 is 2.80 bits per heavy atom. The molecule has 1 aliphatic carbocycles. The number of rotatable bonds is 5. The van der Waals surface area contributed by atoms with Crippen molar-refractivity contribution in [3.63, 3.8) is 0 Å². The fourth-order valence-electron chi connectivity index (χ4n) is 1.97. The van der Waals surface area contributed by atoms with E-state index in [4.69, 9.17) is 15.7 Å². The molecule has 0 spiro atoms. The molecule has 1 atom stereocenters. The van der Waals surface area contributed by atoms with Crippen molar-refractivity contribution in [1.82, 2.24) is 5.32 Å². The number of nitrogens with one attached hydrogen (secondary N) is 2. The maximum absolute atomic E-state index is 12.0. The van der Waals surface area contributed by atoms with Crippen LogP contribution in [0.25, 0.3) is 0 Å². The molecule has 0 heterocycles. The van der Waals surface area contributed by atoms with Crippen LogP contribution in [0, 0.1) is 5.92 Å². The Bertz CT molecular complexity index is 514. The molecular formula is C13H18N4O3. The molecule has 7 heteroatoms. The Kier molecular flexibility index (Phi) is 4.29. The molecule has 1 aliphatic rings. The summed E-state index contributed by atoms with van der Waals surface area (Å²) in [6.45, 7) is 0. The third-order valence-corrected chi connectivity index (χ3v) is 3.17. The van der Waals surface area contributed by atoms with E-state index in [1.165, 1.54) is 7.11 Å². The van der Waals surface area contributed by atoms with Gasteiger partial charge in [0.15, 0.2) is 5.84 Å². The van der Waals surface area contributed by atoms with Gasteiger partial charge in [-0.15, -0.1) is 0 Å². The molecule has 2 amide bonds. The monoisotopic (exact) mass is 278 g/mol. The number of nitrogens with zero attached hydrogens (tertiary/aromatic N) is 1. The molecule has 7 nitrogen and oxygen atoms in total. The highest BCUT2D eigenvalue weighted by atomic mass is 16.5. The van der Waals surface area contributed by atoms with Crippen LogP contribution >= 0.6 is 0 Å². The van der Waals surface area contributed by atoms with Crippen LogP contribution in [0.3, 0.4) is 0 Å². The number of carbonyl (C=O) groups excluding carboxylic acids is 1. The molecule has 1 saturated carbocycles. The third-order valence-electron chi connectivity index (χ3n) is 3.17. The van der Waals surface area contributed by atoms with Gasteiger partial charge in [0.2, 0.25) is 0 Å². The van der Waals surface area contributed by atoms with Gasteiger partial charge in [-0.3, -0.25) is 0 Å². The van der Waals surface area contributed by atoms with Gasteiger partial charge in [-0.2, -0.15) is 0 Å². The summed E-state index contributed by atoms with van der Waals surface area (Å²) < 4.78 is 5.15. The molecule has 108 valence electrons. The number of nitrogens with two attached hydrogens (primary N) is 1. The van der Waals surface area contributed by atoms with E-state index in [2.05, 4.69) is 15.8 Å². The van der Waals surface area contributed by atoms with Gasteiger partial charge in [0.1, 0.15) is 5.75 Å². The quantitative estimate of drug-likeness (QED) is 0.282. The Balaban J connectivity index is 2.01. The van der Waals surface area contributed by atoms with Crippen molar-refractivity contribution >= 4 is 17.6 Å². The normalized spacial score (nSPS) is 16.4. The minimum atomic E-state index is -0.449. The van der Waals surface area contributed by atoms with Gasteiger partial charge in [0.25, 0.3) is 0 Å². The predicted molar refractivity (Wildman–Crippen MR) is 75.1 cm³/mol. The van der Waals surface area contributed by atoms with Crippen LogP contribution in [-0.2, 0) is 0 Å². The second-order valence-electron chi connectivity index (χ2n) is 4.64. The van der Waals surface area contributed by atoms with Gasteiger partial charge >= 0.3 is 6.03 Å². The Morgan fingerprint density at radius 2 is 2.20 bits per heavy atom. The lowest BCUT2D eigenvalue weighted by atomic mass is 10.2. The third kappa shape index (κ3) is 3.31. The Morgan fingerprint density at radius 1 is 1.50 bits per heavy atom. The lowest BCUT2D eigenvalue weighted by Crippen LogP contribution is -2.47. The number of methoxy groups -OCH3 is 1. The van der Waals surface area contributed by atoms with E-state index in [1.807, 2.05) is 6.07 Å². The number of hydrogen-bond acceptors (Lipinski definition) is 4. The van der Waals surface area contributed by atoms with E-state index >= 15 is 0 Å². The highest BCUT2D eigenvalue weighted by Gasteiger charge is 2.35. The minimum Gasteiger partial charge on any atom is -0.495 e. The molecule has 1 aromatic rings. The number of oxime groups is 1. The minimum absolute atomic E-state index is 0.0164. The van der Waals surface area contributed by atoms with E-state index in [-0.39, 0.29) is 11.8 Å². The second-order valence-corrected chi connectivity index (χ2v) is 4.64. The van der Waals surface area contributed by atoms with Crippen LogP contribution in [0.2, 0.25) is 0 Å². The summed E-state index contributed by atoms with van der Waals surface area (Å²) in [5.74, 6) is 0.811. The van der Waals surface area contributed by atoms with Crippen molar-refractivity contribution in [1.29, 1.82) is 0 Å². The van der Waals surface area contributed by atoms with Gasteiger partial charge in [0, 0.05) is 0 Å². The second kappa shape index (κ2) is 6.14. The molecule has 5 N–H and O–H groups in total. The number of anilines is 1. The van der Waals surface area contributed by atoms with Crippen molar-refractivity contribution in [3.05, 3.63) is 24.3 Å². The van der Waals surface area contributed by atoms with Crippen LogP contribution in [-0.4, -0.2) is 30.2 Å². The number of carbonyl (C=O) groups is 1. The van der Waals surface area contributed by atoms with Crippen LogP contribution in [0.1, 0.15) is 12.8 Å². The van der Waals surface area contributed by atoms with Gasteiger partial charge in [-0.1, -0.05) is 17.3 Å². The Labute approximate surface area is 116 Å². The highest BCUT2D eigenvalue weighted by molar-refractivity contribution is 5.95. The number of amides is 2. The molecular weight excluding hydrogens is 260 g/mol. The van der Waals surface area contributed by atoms with Crippen molar-refractivity contribution in [2.24, 2.45) is 16.8 Å². The fourth-order valence-corrected chi connectivity index (χ4v) is 1.97. The number of ether oxygens (including phenoxy) is 1. The summed E-state index contributed by atoms with van der Waals surface area (Å²) in [4.78, 5) is 12.0. The predicted octanol–water partition coefficient (Wildman–Crippen LogP) is 1.34. The molecule has 2 rings (SSSR count). The number of hydrogen-bond donors (Lipinski definition) is 4. The Hall–Kier alpha value is -2.44. The fraction of sp³-hybridized carbons (Fsp3) is 0.385. The van der Waals surface area contributed by atoms with Gasteiger partial charge < -0.3 is 26.3 Å². The lowest BCUT2D eigenvalue weighted by Gasteiger charge is -2.17. The standard InChI is InChI=1S/C13H18N4O3/c1-20-10-5-3-2-4-9(10)15-13(18)16-11(8-6-7-8)12(14)17-19/h2-5,8,11,19H,6-7H2,1H3,(H2,14,17)(H2,15,16,18). The molecule has 0 aliphatic heterocycles. The summed E-state index contributed by atoms with van der Waals surface area (Å²) in [6.07, 6.45) is 1.91. The van der Waals surface area contributed by atoms with Crippen LogP contribution in [0.5, 0.6) is 5.75 Å². The van der Waals surface area contributed by atoms with Crippen molar-refractivity contribution < 1.29 is 14.7 Å². The topological polar surface area (TPSA) is 109 Å². The zero-order valence-corrected chi connectivity index (χ0v) is 11.2.